The molecule has 0 atom stereocenters. The number of aromatic carboxylic acids is 1. The van der Waals surface area contributed by atoms with Gasteiger partial charge in [-0.05, 0) is 25.1 Å². The van der Waals surface area contributed by atoms with Crippen molar-refractivity contribution in [1.29, 1.82) is 0 Å². The zero-order chi connectivity index (χ0) is 13.6. The zero-order valence-corrected chi connectivity index (χ0v) is 10.5. The number of nitrogens with zero attached hydrogens (tertiary/aromatic N) is 2. The van der Waals surface area contributed by atoms with Gasteiger partial charge in [0.25, 0.3) is 0 Å². The molecule has 5 heteroatoms. The molecule has 1 aromatic carbocycles. The molecule has 2 aromatic heterocycles. The Morgan fingerprint density at radius 3 is 2.84 bits per heavy atom. The van der Waals surface area contributed by atoms with E-state index in [-0.39, 0.29) is 5.69 Å². The van der Waals surface area contributed by atoms with E-state index in [4.69, 9.17) is 9.52 Å². The molecule has 0 bridgehead atoms. The molecule has 1 N–H and O–H groups in total. The molecular weight excluding hydrogens is 244 g/mol. The summed E-state index contributed by atoms with van der Waals surface area (Å²) in [6.07, 6.45) is 0. The lowest BCUT2D eigenvalue weighted by molar-refractivity contribution is 0.0689. The lowest BCUT2D eigenvalue weighted by Gasteiger charge is -2.02. The summed E-state index contributed by atoms with van der Waals surface area (Å²) in [5.41, 5.74) is 2.49. The minimum Gasteiger partial charge on any atom is -0.476 e. The van der Waals surface area contributed by atoms with E-state index in [1.165, 1.54) is 0 Å². The van der Waals surface area contributed by atoms with Crippen molar-refractivity contribution in [1.82, 2.24) is 9.78 Å². The molecule has 19 heavy (non-hydrogen) atoms. The molecule has 0 aliphatic rings. The van der Waals surface area contributed by atoms with E-state index in [9.17, 15) is 4.79 Å². The van der Waals surface area contributed by atoms with Crippen LogP contribution in [-0.2, 0) is 7.05 Å². The van der Waals surface area contributed by atoms with E-state index in [0.717, 1.165) is 28.0 Å². The van der Waals surface area contributed by atoms with Crippen molar-refractivity contribution in [2.45, 2.75) is 6.92 Å². The number of benzene rings is 1. The average Bonchev–Trinajstić information content (AvgIpc) is 2.90. The number of rotatable bonds is 2. The normalized spacial score (nSPS) is 11.1. The van der Waals surface area contributed by atoms with E-state index in [2.05, 4.69) is 5.10 Å². The van der Waals surface area contributed by atoms with Gasteiger partial charge in [-0.1, -0.05) is 12.1 Å². The van der Waals surface area contributed by atoms with Crippen LogP contribution in [0.4, 0.5) is 0 Å². The molecule has 2 heterocycles. The van der Waals surface area contributed by atoms with Crippen molar-refractivity contribution in [2.75, 3.05) is 0 Å². The SMILES string of the molecule is Cc1cc2c(-c3cc(C(=O)O)nn3C)cccc2o1. The predicted molar refractivity (Wildman–Crippen MR) is 70.1 cm³/mol. The minimum atomic E-state index is -1.03. The first-order valence-electron chi connectivity index (χ1n) is 5.83. The first kappa shape index (κ1) is 11.5. The van der Waals surface area contributed by atoms with Gasteiger partial charge in [0, 0.05) is 18.0 Å². The fourth-order valence-electron chi connectivity index (χ4n) is 2.24. The third-order valence-corrected chi connectivity index (χ3v) is 3.06. The van der Waals surface area contributed by atoms with Crippen LogP contribution in [-0.4, -0.2) is 20.9 Å². The topological polar surface area (TPSA) is 68.3 Å². The average molecular weight is 256 g/mol. The van der Waals surface area contributed by atoms with Gasteiger partial charge < -0.3 is 9.52 Å². The second kappa shape index (κ2) is 3.98. The Balaban J connectivity index is 2.26. The Labute approximate surface area is 109 Å². The Morgan fingerprint density at radius 1 is 1.37 bits per heavy atom. The van der Waals surface area contributed by atoms with Gasteiger partial charge >= 0.3 is 5.97 Å². The highest BCUT2D eigenvalue weighted by molar-refractivity contribution is 5.95. The summed E-state index contributed by atoms with van der Waals surface area (Å²) >= 11 is 0. The van der Waals surface area contributed by atoms with E-state index >= 15 is 0 Å². The molecule has 0 aliphatic heterocycles. The van der Waals surface area contributed by atoms with E-state index in [1.54, 1.807) is 17.8 Å². The fourth-order valence-corrected chi connectivity index (χ4v) is 2.24. The second-order valence-corrected chi connectivity index (χ2v) is 4.42. The third kappa shape index (κ3) is 1.79. The summed E-state index contributed by atoms with van der Waals surface area (Å²) in [4.78, 5) is 11.0. The van der Waals surface area contributed by atoms with Crippen LogP contribution in [0.1, 0.15) is 16.2 Å². The van der Waals surface area contributed by atoms with Crippen molar-refractivity contribution >= 4 is 16.9 Å². The number of aryl methyl sites for hydroxylation is 2. The largest absolute Gasteiger partial charge is 0.476 e. The lowest BCUT2D eigenvalue weighted by Crippen LogP contribution is -1.99. The first-order valence-corrected chi connectivity index (χ1v) is 5.83. The highest BCUT2D eigenvalue weighted by Gasteiger charge is 2.15. The highest BCUT2D eigenvalue weighted by atomic mass is 16.4. The number of furan rings is 1. The third-order valence-electron chi connectivity index (χ3n) is 3.06. The van der Waals surface area contributed by atoms with E-state index in [0.29, 0.717) is 0 Å². The van der Waals surface area contributed by atoms with Gasteiger partial charge in [0.15, 0.2) is 5.69 Å². The van der Waals surface area contributed by atoms with Crippen LogP contribution in [0.25, 0.3) is 22.2 Å². The fraction of sp³-hybridized carbons (Fsp3) is 0.143. The van der Waals surface area contributed by atoms with E-state index < -0.39 is 5.97 Å². The molecule has 0 radical (unpaired) electrons. The molecule has 5 nitrogen and oxygen atoms in total. The number of hydrogen-bond donors (Lipinski definition) is 1. The quantitative estimate of drug-likeness (QED) is 0.765. The summed E-state index contributed by atoms with van der Waals surface area (Å²) < 4.78 is 7.15. The molecular formula is C14H12N2O3. The maximum Gasteiger partial charge on any atom is 0.356 e. The summed E-state index contributed by atoms with van der Waals surface area (Å²) in [5, 5.41) is 13.9. The molecule has 0 saturated carbocycles. The summed E-state index contributed by atoms with van der Waals surface area (Å²) in [7, 11) is 1.73. The second-order valence-electron chi connectivity index (χ2n) is 4.42. The summed E-state index contributed by atoms with van der Waals surface area (Å²) in [5.74, 6) is -0.208. The smallest absolute Gasteiger partial charge is 0.356 e. The number of fused-ring (bicyclic) bond motifs is 1. The van der Waals surface area contributed by atoms with Gasteiger partial charge in [-0.2, -0.15) is 5.10 Å². The van der Waals surface area contributed by atoms with Gasteiger partial charge in [-0.15, -0.1) is 0 Å². The van der Waals surface area contributed by atoms with Crippen molar-refractivity contribution < 1.29 is 14.3 Å². The zero-order valence-electron chi connectivity index (χ0n) is 10.5. The molecule has 96 valence electrons. The molecule has 0 amide bonds. The summed E-state index contributed by atoms with van der Waals surface area (Å²) in [6.45, 7) is 1.88. The molecule has 0 aliphatic carbocycles. The van der Waals surface area contributed by atoms with Crippen LogP contribution in [0.2, 0.25) is 0 Å². The van der Waals surface area contributed by atoms with Crippen molar-refractivity contribution in [3.8, 4) is 11.3 Å². The van der Waals surface area contributed by atoms with Gasteiger partial charge in [-0.25, -0.2) is 4.79 Å². The molecule has 3 rings (SSSR count). The molecule has 0 spiro atoms. The molecule has 0 saturated heterocycles. The number of aromatic nitrogens is 2. The summed E-state index contributed by atoms with van der Waals surface area (Å²) in [6, 6.07) is 9.21. The van der Waals surface area contributed by atoms with Crippen LogP contribution in [0.5, 0.6) is 0 Å². The van der Waals surface area contributed by atoms with Crippen LogP contribution >= 0.6 is 0 Å². The van der Waals surface area contributed by atoms with Crippen LogP contribution in [0, 0.1) is 6.92 Å². The number of hydrogen-bond acceptors (Lipinski definition) is 3. The monoisotopic (exact) mass is 256 g/mol. The van der Waals surface area contributed by atoms with Crippen molar-refractivity contribution in [3.63, 3.8) is 0 Å². The Bertz CT molecular complexity index is 783. The number of carboxylic acid groups (broad SMARTS) is 1. The van der Waals surface area contributed by atoms with Crippen LogP contribution in [0.3, 0.4) is 0 Å². The van der Waals surface area contributed by atoms with Crippen LogP contribution in [0.15, 0.2) is 34.7 Å². The first-order chi connectivity index (χ1) is 9.06. The molecule has 0 fully saturated rings. The van der Waals surface area contributed by atoms with Crippen molar-refractivity contribution in [3.05, 3.63) is 41.8 Å². The number of carboxylic acids is 1. The van der Waals surface area contributed by atoms with Gasteiger partial charge in [0.2, 0.25) is 0 Å². The molecule has 0 unspecified atom stereocenters. The predicted octanol–water partition coefficient (Wildman–Crippen LogP) is 2.84. The Kier molecular flexibility index (Phi) is 2.41. The van der Waals surface area contributed by atoms with Crippen LogP contribution < -0.4 is 0 Å². The maximum absolute atomic E-state index is 11.0. The lowest BCUT2D eigenvalue weighted by atomic mass is 10.1. The minimum absolute atomic E-state index is 0.0368. The molecule has 3 aromatic rings. The van der Waals surface area contributed by atoms with Gasteiger partial charge in [0.1, 0.15) is 11.3 Å². The standard InChI is InChI=1S/C14H12N2O3/c1-8-6-10-9(4-3-5-13(10)19-8)12-7-11(14(17)18)15-16(12)2/h3-7H,1-2H3,(H,17,18). The van der Waals surface area contributed by atoms with Gasteiger partial charge in [0.05, 0.1) is 5.69 Å². The Hall–Kier alpha value is -2.56. The highest BCUT2D eigenvalue weighted by Crippen LogP contribution is 2.30. The Morgan fingerprint density at radius 2 is 2.16 bits per heavy atom. The van der Waals surface area contributed by atoms with Gasteiger partial charge in [-0.3, -0.25) is 4.68 Å². The number of carbonyl (C=O) groups is 1. The van der Waals surface area contributed by atoms with Crippen molar-refractivity contribution in [2.24, 2.45) is 7.05 Å². The maximum atomic E-state index is 11.0. The van der Waals surface area contributed by atoms with E-state index in [1.807, 2.05) is 31.2 Å².